The molecule has 2 atom stereocenters. The number of fused-ring (bicyclic) bond motifs is 10. The molecule has 2 heteroatoms. The number of anilines is 6. The van der Waals surface area contributed by atoms with Crippen molar-refractivity contribution in [3.05, 3.63) is 422 Å². The fraction of sp³-hybridized carbons (Fsp3) is 0.0213. The lowest BCUT2D eigenvalue weighted by Crippen LogP contribution is -2.50. The number of nitrogens with zero attached hydrogens (tertiary/aromatic N) is 2. The maximum atomic E-state index is 2.61. The molecule has 2 aliphatic rings. The molecule has 0 amide bonds. The molecule has 0 saturated carbocycles. The zero-order chi connectivity index (χ0) is 63.6. The smallest absolute Gasteiger partial charge is 0.0642 e. The molecule has 0 aliphatic heterocycles. The maximum Gasteiger partial charge on any atom is 0.0642 e. The van der Waals surface area contributed by atoms with Crippen LogP contribution in [0, 0.1) is 0 Å². The van der Waals surface area contributed by atoms with Crippen LogP contribution in [0.1, 0.15) is 33.4 Å². The van der Waals surface area contributed by atoms with Crippen molar-refractivity contribution in [2.24, 2.45) is 0 Å². The zero-order valence-corrected chi connectivity index (χ0v) is 52.8. The van der Waals surface area contributed by atoms with Crippen molar-refractivity contribution in [3.8, 4) is 66.8 Å². The van der Waals surface area contributed by atoms with E-state index >= 15 is 0 Å². The zero-order valence-electron chi connectivity index (χ0n) is 52.8. The van der Waals surface area contributed by atoms with Crippen LogP contribution in [-0.4, -0.2) is 0 Å². The molecule has 2 nitrogen and oxygen atoms in total. The lowest BCUT2D eigenvalue weighted by Gasteiger charge is -2.51. The van der Waals surface area contributed by atoms with Crippen molar-refractivity contribution < 1.29 is 0 Å². The van der Waals surface area contributed by atoms with Crippen molar-refractivity contribution in [2.75, 3.05) is 9.80 Å². The molecule has 2 aliphatic carbocycles. The second-order valence-corrected chi connectivity index (χ2v) is 25.4. The molecule has 0 saturated heterocycles. The van der Waals surface area contributed by atoms with Crippen LogP contribution in [-0.2, 0) is 10.8 Å². The topological polar surface area (TPSA) is 6.48 Å². The fourth-order valence-electron chi connectivity index (χ4n) is 16.4. The fourth-order valence-corrected chi connectivity index (χ4v) is 16.4. The molecule has 2 unspecified atom stereocenters. The van der Waals surface area contributed by atoms with Crippen LogP contribution < -0.4 is 9.80 Å². The van der Waals surface area contributed by atoms with Gasteiger partial charge in [-0.25, -0.2) is 0 Å². The molecule has 18 rings (SSSR count). The summed E-state index contributed by atoms with van der Waals surface area (Å²) in [7, 11) is 0. The summed E-state index contributed by atoms with van der Waals surface area (Å²) in [4.78, 5) is 5.04. The summed E-state index contributed by atoms with van der Waals surface area (Å²) < 4.78 is 0. The summed E-state index contributed by atoms with van der Waals surface area (Å²) >= 11 is 0. The van der Waals surface area contributed by atoms with E-state index < -0.39 is 10.8 Å². The van der Waals surface area contributed by atoms with E-state index in [0.29, 0.717) is 0 Å². The van der Waals surface area contributed by atoms with E-state index in [0.717, 1.165) is 44.9 Å². The summed E-state index contributed by atoms with van der Waals surface area (Å²) in [6, 6.07) is 145. The average molecular weight is 1220 g/mol. The normalized spacial score (nSPS) is 15.0. The molecule has 0 bridgehead atoms. The van der Waals surface area contributed by atoms with Crippen LogP contribution in [0.2, 0.25) is 0 Å². The second kappa shape index (κ2) is 23.3. The Hall–Kier alpha value is -12.4. The lowest BCUT2D eigenvalue weighted by molar-refractivity contribution is 0.438. The first-order valence-corrected chi connectivity index (χ1v) is 33.3. The Morgan fingerprint density at radius 2 is 0.406 bits per heavy atom. The van der Waals surface area contributed by atoms with Crippen LogP contribution in [0.15, 0.2) is 388 Å². The van der Waals surface area contributed by atoms with Crippen molar-refractivity contribution >= 4 is 55.7 Å². The van der Waals surface area contributed by atoms with E-state index in [1.165, 1.54) is 111 Å². The van der Waals surface area contributed by atoms with Crippen LogP contribution >= 0.6 is 0 Å². The summed E-state index contributed by atoms with van der Waals surface area (Å²) in [6.45, 7) is 0. The predicted molar refractivity (Wildman–Crippen MR) is 403 cm³/mol. The van der Waals surface area contributed by atoms with E-state index in [1.807, 2.05) is 0 Å². The molecular formula is C94H64N2. The molecule has 0 fully saturated rings. The van der Waals surface area contributed by atoms with Gasteiger partial charge >= 0.3 is 0 Å². The van der Waals surface area contributed by atoms with Crippen molar-refractivity contribution in [1.29, 1.82) is 0 Å². The molecule has 16 aromatic rings. The van der Waals surface area contributed by atoms with Gasteiger partial charge in [-0.15, -0.1) is 0 Å². The standard InChI is InChI=1S/C94H64N2/c1-7-27-65(28-8-1)69-47-55-75(56-48-69)95(76-57-49-70(50-58-76)66-29-9-2-10-30-66)89-63-87-91(81-41-21-19-39-79(81)89)83-43-23-25-45-85(83)93(87,73-35-15-5-16-36-73)94(74-37-17-6-18-38-74)86-46-26-24-44-84(86)92-82-42-22-20-40-80(82)90(64-88(92)94)96(77-59-51-71(52-60-77)67-31-11-3-12-32-67)78-61-53-72(54-62-78)68-33-13-4-14-34-68/h1-64H. The first-order valence-electron chi connectivity index (χ1n) is 33.3. The van der Waals surface area contributed by atoms with Gasteiger partial charge in [-0.05, 0) is 172 Å². The van der Waals surface area contributed by atoms with Crippen LogP contribution in [0.3, 0.4) is 0 Å². The number of hydrogen-bond acceptors (Lipinski definition) is 2. The minimum absolute atomic E-state index is 0.957. The third-order valence-electron chi connectivity index (χ3n) is 20.4. The summed E-state index contributed by atoms with van der Waals surface area (Å²) in [5.74, 6) is 0. The minimum Gasteiger partial charge on any atom is -0.310 e. The quantitative estimate of drug-likeness (QED) is 0.114. The Bertz CT molecular complexity index is 5010. The van der Waals surface area contributed by atoms with Gasteiger partial charge in [-0.3, -0.25) is 0 Å². The van der Waals surface area contributed by atoms with Gasteiger partial charge in [-0.1, -0.05) is 328 Å². The molecule has 0 N–H and O–H groups in total. The summed E-state index contributed by atoms with van der Waals surface area (Å²) in [6.07, 6.45) is 0. The van der Waals surface area contributed by atoms with Crippen LogP contribution in [0.5, 0.6) is 0 Å². The molecule has 0 radical (unpaired) electrons. The van der Waals surface area contributed by atoms with Crippen molar-refractivity contribution in [3.63, 3.8) is 0 Å². The van der Waals surface area contributed by atoms with Gasteiger partial charge < -0.3 is 9.80 Å². The Morgan fingerprint density at radius 3 is 0.698 bits per heavy atom. The number of hydrogen-bond donors (Lipinski definition) is 0. The van der Waals surface area contributed by atoms with Gasteiger partial charge in [0.25, 0.3) is 0 Å². The van der Waals surface area contributed by atoms with E-state index in [4.69, 9.17) is 0 Å². The number of rotatable bonds is 13. The monoisotopic (exact) mass is 1220 g/mol. The highest BCUT2D eigenvalue weighted by molar-refractivity contribution is 6.14. The highest BCUT2D eigenvalue weighted by Crippen LogP contribution is 2.72. The molecule has 96 heavy (non-hydrogen) atoms. The largest absolute Gasteiger partial charge is 0.310 e. The predicted octanol–water partition coefficient (Wildman–Crippen LogP) is 24.9. The summed E-state index contributed by atoms with van der Waals surface area (Å²) in [5, 5.41) is 4.71. The minimum atomic E-state index is -0.957. The van der Waals surface area contributed by atoms with Crippen LogP contribution in [0.4, 0.5) is 34.1 Å². The van der Waals surface area contributed by atoms with Crippen molar-refractivity contribution in [2.45, 2.75) is 10.8 Å². The Labute approximate surface area is 561 Å². The summed E-state index contributed by atoms with van der Waals surface area (Å²) in [5.41, 5.74) is 26.2. The third-order valence-corrected chi connectivity index (χ3v) is 20.4. The van der Waals surface area contributed by atoms with Gasteiger partial charge in [-0.2, -0.15) is 0 Å². The average Bonchev–Trinajstić information content (AvgIpc) is 1.46. The molecule has 450 valence electrons. The van der Waals surface area contributed by atoms with Crippen molar-refractivity contribution in [1.82, 2.24) is 0 Å². The molecular weight excluding hydrogens is 1160 g/mol. The highest BCUT2D eigenvalue weighted by Gasteiger charge is 2.65. The first-order chi connectivity index (χ1) is 47.6. The van der Waals surface area contributed by atoms with Gasteiger partial charge in [0.2, 0.25) is 0 Å². The molecule has 0 spiro atoms. The van der Waals surface area contributed by atoms with Gasteiger partial charge in [0.15, 0.2) is 0 Å². The van der Waals surface area contributed by atoms with Gasteiger partial charge in [0, 0.05) is 33.5 Å². The Kier molecular flexibility index (Phi) is 13.7. The second-order valence-electron chi connectivity index (χ2n) is 25.4. The molecule has 16 aromatic carbocycles. The van der Waals surface area contributed by atoms with Gasteiger partial charge in [0.1, 0.15) is 0 Å². The number of benzene rings is 16. The Morgan fingerprint density at radius 1 is 0.177 bits per heavy atom. The highest BCUT2D eigenvalue weighted by atomic mass is 15.2. The van der Waals surface area contributed by atoms with E-state index in [9.17, 15) is 0 Å². The maximum absolute atomic E-state index is 2.61. The first kappa shape index (κ1) is 56.4. The van der Waals surface area contributed by atoms with Crippen LogP contribution in [0.25, 0.3) is 88.3 Å². The van der Waals surface area contributed by atoms with E-state index in [1.54, 1.807) is 0 Å². The van der Waals surface area contributed by atoms with Gasteiger partial charge in [0.05, 0.1) is 22.2 Å². The third kappa shape index (κ3) is 8.87. The van der Waals surface area contributed by atoms with E-state index in [-0.39, 0.29) is 0 Å². The molecule has 0 heterocycles. The lowest BCUT2D eigenvalue weighted by atomic mass is 9.49. The molecule has 0 aromatic heterocycles. The van der Waals surface area contributed by atoms with E-state index in [2.05, 4.69) is 398 Å². The Balaban J connectivity index is 0.965. The SMILES string of the molecule is c1ccc(-c2ccc(N(c3ccc(-c4ccccc4)cc3)c3cc4c(c5ccccc35)-c3ccccc3C4(c3ccccc3)C3(c4ccccc4)c4ccccc4-c4c3cc(N(c3ccc(-c5ccccc5)cc3)c3ccc(-c5ccccc5)cc3)c3ccccc43)cc2)cc1.